The van der Waals surface area contributed by atoms with Gasteiger partial charge < -0.3 is 9.84 Å². The Morgan fingerprint density at radius 3 is 2.79 bits per heavy atom. The SMILES string of the molecule is O=C(O)c1ccc(OCCF)cc1Br. The second-order valence-corrected chi connectivity index (χ2v) is 3.34. The van der Waals surface area contributed by atoms with Gasteiger partial charge in [0.2, 0.25) is 0 Å². The van der Waals surface area contributed by atoms with Crippen molar-refractivity contribution in [2.75, 3.05) is 13.3 Å². The van der Waals surface area contributed by atoms with E-state index in [4.69, 9.17) is 9.84 Å². The molecule has 1 N–H and O–H groups in total. The molecule has 0 saturated carbocycles. The van der Waals surface area contributed by atoms with E-state index in [2.05, 4.69) is 15.9 Å². The van der Waals surface area contributed by atoms with E-state index in [0.29, 0.717) is 10.2 Å². The highest BCUT2D eigenvalue weighted by Crippen LogP contribution is 2.22. The number of carboxylic acids is 1. The Hall–Kier alpha value is -1.10. The highest BCUT2D eigenvalue weighted by molar-refractivity contribution is 9.10. The molecule has 0 fully saturated rings. The van der Waals surface area contributed by atoms with Gasteiger partial charge in [-0.15, -0.1) is 0 Å². The zero-order valence-corrected chi connectivity index (χ0v) is 8.75. The van der Waals surface area contributed by atoms with Gasteiger partial charge in [0.05, 0.1) is 5.56 Å². The van der Waals surface area contributed by atoms with Gasteiger partial charge in [-0.3, -0.25) is 0 Å². The maximum absolute atomic E-state index is 11.8. The van der Waals surface area contributed by atoms with Gasteiger partial charge in [-0.05, 0) is 34.1 Å². The molecule has 0 amide bonds. The van der Waals surface area contributed by atoms with E-state index in [1.165, 1.54) is 18.2 Å². The van der Waals surface area contributed by atoms with Crippen LogP contribution in [0.2, 0.25) is 0 Å². The van der Waals surface area contributed by atoms with Gasteiger partial charge in [-0.25, -0.2) is 9.18 Å². The third-order valence-electron chi connectivity index (χ3n) is 1.52. The fourth-order valence-corrected chi connectivity index (χ4v) is 1.44. The minimum absolute atomic E-state index is 0.0289. The maximum atomic E-state index is 11.8. The predicted octanol–water partition coefficient (Wildman–Crippen LogP) is 2.50. The summed E-state index contributed by atoms with van der Waals surface area (Å²) in [6.45, 7) is -0.600. The van der Waals surface area contributed by atoms with Crippen LogP contribution in [0.3, 0.4) is 0 Å². The van der Waals surface area contributed by atoms with E-state index < -0.39 is 12.6 Å². The summed E-state index contributed by atoms with van der Waals surface area (Å²) >= 11 is 3.09. The number of halogens is 2. The first kappa shape index (κ1) is 11.0. The summed E-state index contributed by atoms with van der Waals surface area (Å²) in [6.07, 6.45) is 0. The molecule has 0 atom stereocenters. The van der Waals surface area contributed by atoms with Crippen molar-refractivity contribution in [3.63, 3.8) is 0 Å². The molecule has 3 nitrogen and oxygen atoms in total. The summed E-state index contributed by atoms with van der Waals surface area (Å²) in [5.41, 5.74) is 0.151. The monoisotopic (exact) mass is 262 g/mol. The van der Waals surface area contributed by atoms with Crippen LogP contribution < -0.4 is 4.74 Å². The predicted molar refractivity (Wildman–Crippen MR) is 52.6 cm³/mol. The largest absolute Gasteiger partial charge is 0.491 e. The zero-order chi connectivity index (χ0) is 10.6. The lowest BCUT2D eigenvalue weighted by atomic mass is 10.2. The van der Waals surface area contributed by atoms with Crippen molar-refractivity contribution in [2.24, 2.45) is 0 Å². The number of hydrogen-bond acceptors (Lipinski definition) is 2. The van der Waals surface area contributed by atoms with Crippen LogP contribution in [0.1, 0.15) is 10.4 Å². The van der Waals surface area contributed by atoms with Gasteiger partial charge in [-0.2, -0.15) is 0 Å². The van der Waals surface area contributed by atoms with E-state index in [1.807, 2.05) is 0 Å². The summed E-state index contributed by atoms with van der Waals surface area (Å²) in [5, 5.41) is 8.70. The number of benzene rings is 1. The molecule has 0 unspecified atom stereocenters. The van der Waals surface area contributed by atoms with Crippen molar-refractivity contribution >= 4 is 21.9 Å². The average molecular weight is 263 g/mol. The van der Waals surface area contributed by atoms with Gasteiger partial charge in [0, 0.05) is 4.47 Å². The van der Waals surface area contributed by atoms with Crippen LogP contribution in [0.25, 0.3) is 0 Å². The van der Waals surface area contributed by atoms with Crippen LogP contribution >= 0.6 is 15.9 Å². The van der Waals surface area contributed by atoms with Crippen LogP contribution in [-0.4, -0.2) is 24.4 Å². The van der Waals surface area contributed by atoms with E-state index in [1.54, 1.807) is 0 Å². The van der Waals surface area contributed by atoms with Gasteiger partial charge >= 0.3 is 5.97 Å². The Bertz CT molecular complexity index is 341. The third-order valence-corrected chi connectivity index (χ3v) is 2.17. The lowest BCUT2D eigenvalue weighted by Crippen LogP contribution is -2.01. The van der Waals surface area contributed by atoms with Crippen molar-refractivity contribution in [1.29, 1.82) is 0 Å². The summed E-state index contributed by atoms with van der Waals surface area (Å²) in [5.74, 6) is -0.576. The number of alkyl halides is 1. The van der Waals surface area contributed by atoms with Gasteiger partial charge in [0.1, 0.15) is 19.0 Å². The Balaban J connectivity index is 2.83. The number of aromatic carboxylic acids is 1. The first-order valence-electron chi connectivity index (χ1n) is 3.86. The van der Waals surface area contributed by atoms with E-state index in [9.17, 15) is 9.18 Å². The standard InChI is InChI=1S/C9H8BrFO3/c10-8-5-6(14-4-3-11)1-2-7(8)9(12)13/h1-2,5H,3-4H2,(H,12,13). The Morgan fingerprint density at radius 1 is 1.57 bits per heavy atom. The maximum Gasteiger partial charge on any atom is 0.336 e. The zero-order valence-electron chi connectivity index (χ0n) is 7.17. The molecule has 0 aliphatic rings. The molecule has 1 aromatic rings. The number of carboxylic acid groups (broad SMARTS) is 1. The molecular weight excluding hydrogens is 255 g/mol. The molecule has 0 radical (unpaired) electrons. The molecule has 1 aromatic carbocycles. The lowest BCUT2D eigenvalue weighted by molar-refractivity contribution is 0.0696. The van der Waals surface area contributed by atoms with E-state index >= 15 is 0 Å². The number of ether oxygens (including phenoxy) is 1. The quantitative estimate of drug-likeness (QED) is 0.907. The first-order chi connectivity index (χ1) is 6.65. The summed E-state index contributed by atoms with van der Waals surface area (Å²) < 4.78 is 17.1. The first-order valence-corrected chi connectivity index (χ1v) is 4.66. The molecule has 5 heteroatoms. The molecule has 76 valence electrons. The van der Waals surface area contributed by atoms with Crippen LogP contribution in [0.4, 0.5) is 4.39 Å². The summed E-state index contributed by atoms with van der Waals surface area (Å²) in [4.78, 5) is 10.6. The Labute approximate surface area is 88.6 Å². The van der Waals surface area contributed by atoms with Crippen molar-refractivity contribution in [3.05, 3.63) is 28.2 Å². The molecule has 1 rings (SSSR count). The molecule has 14 heavy (non-hydrogen) atoms. The second kappa shape index (κ2) is 4.95. The number of hydrogen-bond donors (Lipinski definition) is 1. The smallest absolute Gasteiger partial charge is 0.336 e. The van der Waals surface area contributed by atoms with Crippen LogP contribution in [-0.2, 0) is 0 Å². The van der Waals surface area contributed by atoms with E-state index in [-0.39, 0.29) is 12.2 Å². The van der Waals surface area contributed by atoms with Gasteiger partial charge in [0.25, 0.3) is 0 Å². The molecule has 0 spiro atoms. The average Bonchev–Trinajstić information content (AvgIpc) is 2.14. The van der Waals surface area contributed by atoms with Crippen molar-refractivity contribution < 1.29 is 19.0 Å². The molecular formula is C9H8BrFO3. The fourth-order valence-electron chi connectivity index (χ4n) is 0.915. The van der Waals surface area contributed by atoms with Gasteiger partial charge in [0.15, 0.2) is 0 Å². The van der Waals surface area contributed by atoms with Crippen molar-refractivity contribution in [3.8, 4) is 5.75 Å². The summed E-state index contributed by atoms with van der Waals surface area (Å²) in [6, 6.07) is 4.39. The fraction of sp³-hybridized carbons (Fsp3) is 0.222. The van der Waals surface area contributed by atoms with Crippen molar-refractivity contribution in [2.45, 2.75) is 0 Å². The highest BCUT2D eigenvalue weighted by Gasteiger charge is 2.08. The molecule has 0 saturated heterocycles. The van der Waals surface area contributed by atoms with Gasteiger partial charge in [-0.1, -0.05) is 0 Å². The Morgan fingerprint density at radius 2 is 2.29 bits per heavy atom. The second-order valence-electron chi connectivity index (χ2n) is 2.48. The third kappa shape index (κ3) is 2.70. The van der Waals surface area contributed by atoms with Crippen LogP contribution in [0, 0.1) is 0 Å². The highest BCUT2D eigenvalue weighted by atomic mass is 79.9. The minimum atomic E-state index is -1.02. The normalized spacial score (nSPS) is 9.86. The lowest BCUT2D eigenvalue weighted by Gasteiger charge is -2.05. The summed E-state index contributed by atoms with van der Waals surface area (Å²) in [7, 11) is 0. The van der Waals surface area contributed by atoms with Crippen molar-refractivity contribution in [1.82, 2.24) is 0 Å². The molecule has 0 aliphatic heterocycles. The Kier molecular flexibility index (Phi) is 3.88. The number of rotatable bonds is 4. The molecule has 0 aromatic heterocycles. The van der Waals surface area contributed by atoms with E-state index in [0.717, 1.165) is 0 Å². The molecule has 0 heterocycles. The molecule has 0 bridgehead atoms. The minimum Gasteiger partial charge on any atom is -0.491 e. The van der Waals surface area contributed by atoms with Crippen LogP contribution in [0.5, 0.6) is 5.75 Å². The number of carbonyl (C=O) groups is 1. The van der Waals surface area contributed by atoms with Crippen LogP contribution in [0.15, 0.2) is 22.7 Å². The topological polar surface area (TPSA) is 46.5 Å². The molecule has 0 aliphatic carbocycles.